The van der Waals surface area contributed by atoms with Gasteiger partial charge < -0.3 is 15.2 Å². The number of benzene rings is 1. The van der Waals surface area contributed by atoms with Crippen molar-refractivity contribution in [3.8, 4) is 11.5 Å². The summed E-state index contributed by atoms with van der Waals surface area (Å²) in [6.45, 7) is 2.86. The summed E-state index contributed by atoms with van der Waals surface area (Å²) in [4.78, 5) is 12.3. The molecule has 0 aliphatic carbocycles. The summed E-state index contributed by atoms with van der Waals surface area (Å²) in [6, 6.07) is 5.32. The van der Waals surface area contributed by atoms with Gasteiger partial charge in [0.2, 0.25) is 0 Å². The molecule has 118 valence electrons. The van der Waals surface area contributed by atoms with E-state index in [-0.39, 0.29) is 5.78 Å². The first-order valence-electron chi connectivity index (χ1n) is 7.61. The van der Waals surface area contributed by atoms with Crippen LogP contribution in [0.25, 0.3) is 0 Å². The molecule has 1 aromatic carbocycles. The minimum Gasteiger partial charge on any atom is -0.493 e. The van der Waals surface area contributed by atoms with E-state index in [1.807, 2.05) is 0 Å². The molecule has 4 nitrogen and oxygen atoms in total. The van der Waals surface area contributed by atoms with Crippen LogP contribution in [0.3, 0.4) is 0 Å². The number of nitrogens with two attached hydrogens (primary N) is 1. The van der Waals surface area contributed by atoms with Gasteiger partial charge in [0.25, 0.3) is 0 Å². The molecule has 0 heterocycles. The second-order valence-electron chi connectivity index (χ2n) is 5.26. The van der Waals surface area contributed by atoms with Gasteiger partial charge in [-0.05, 0) is 43.5 Å². The maximum atomic E-state index is 12.3. The minimum atomic E-state index is 0.147. The quantitative estimate of drug-likeness (QED) is 0.671. The summed E-state index contributed by atoms with van der Waals surface area (Å²) in [6.07, 6.45) is 4.72. The molecule has 4 heteroatoms. The van der Waals surface area contributed by atoms with E-state index in [9.17, 15) is 4.79 Å². The third-order valence-electron chi connectivity index (χ3n) is 3.76. The van der Waals surface area contributed by atoms with Gasteiger partial charge in [-0.25, -0.2) is 0 Å². The lowest BCUT2D eigenvalue weighted by atomic mass is 9.92. The van der Waals surface area contributed by atoms with Gasteiger partial charge >= 0.3 is 0 Å². The first-order valence-corrected chi connectivity index (χ1v) is 7.61. The number of Topliss-reactive ketones (excluding diaryl/α,β-unsaturated/α-hetero) is 1. The summed E-state index contributed by atoms with van der Waals surface area (Å²) in [5, 5.41) is 0. The molecule has 0 saturated carbocycles. The largest absolute Gasteiger partial charge is 0.493 e. The van der Waals surface area contributed by atoms with Gasteiger partial charge in [-0.15, -0.1) is 0 Å². The zero-order valence-electron chi connectivity index (χ0n) is 13.4. The zero-order valence-corrected chi connectivity index (χ0v) is 13.4. The number of hydrogen-bond donors (Lipinski definition) is 1. The van der Waals surface area contributed by atoms with Crippen LogP contribution in [-0.2, 0) is 0 Å². The van der Waals surface area contributed by atoms with Crippen molar-refractivity contribution in [3.63, 3.8) is 0 Å². The van der Waals surface area contributed by atoms with E-state index >= 15 is 0 Å². The fourth-order valence-corrected chi connectivity index (χ4v) is 2.57. The number of methoxy groups -OCH3 is 2. The Kier molecular flexibility index (Phi) is 7.83. The minimum absolute atomic E-state index is 0.147. The molecule has 0 amide bonds. The van der Waals surface area contributed by atoms with Crippen LogP contribution in [0.2, 0.25) is 0 Å². The normalized spacial score (nSPS) is 12.0. The highest BCUT2D eigenvalue weighted by Gasteiger charge is 2.13. The van der Waals surface area contributed by atoms with Gasteiger partial charge in [0.05, 0.1) is 14.2 Å². The molecule has 0 bridgehead atoms. The Balaban J connectivity index is 2.66. The van der Waals surface area contributed by atoms with Crippen molar-refractivity contribution in [1.29, 1.82) is 0 Å². The van der Waals surface area contributed by atoms with Crippen molar-refractivity contribution < 1.29 is 14.3 Å². The van der Waals surface area contributed by atoms with Crippen molar-refractivity contribution in [2.45, 2.75) is 39.0 Å². The second kappa shape index (κ2) is 9.40. The van der Waals surface area contributed by atoms with Crippen molar-refractivity contribution in [2.24, 2.45) is 11.7 Å². The topological polar surface area (TPSA) is 61.6 Å². The highest BCUT2D eigenvalue weighted by atomic mass is 16.5. The van der Waals surface area contributed by atoms with Crippen LogP contribution in [0.15, 0.2) is 18.2 Å². The van der Waals surface area contributed by atoms with E-state index in [4.69, 9.17) is 15.2 Å². The lowest BCUT2D eigenvalue weighted by Gasteiger charge is -2.14. The van der Waals surface area contributed by atoms with Crippen LogP contribution >= 0.6 is 0 Å². The number of carbonyl (C=O) groups is 1. The third kappa shape index (κ3) is 5.38. The molecule has 1 unspecified atom stereocenters. The molecule has 0 saturated heterocycles. The van der Waals surface area contributed by atoms with E-state index in [1.165, 1.54) is 0 Å². The van der Waals surface area contributed by atoms with Crippen molar-refractivity contribution in [1.82, 2.24) is 0 Å². The first-order chi connectivity index (χ1) is 10.2. The Morgan fingerprint density at radius 3 is 2.43 bits per heavy atom. The maximum absolute atomic E-state index is 12.3. The SMILES string of the molecule is CCCC(CCN)CCC(=O)c1ccc(OC)c(OC)c1. The highest BCUT2D eigenvalue weighted by molar-refractivity contribution is 5.96. The van der Waals surface area contributed by atoms with Crippen molar-refractivity contribution >= 4 is 5.78 Å². The highest BCUT2D eigenvalue weighted by Crippen LogP contribution is 2.28. The summed E-state index contributed by atoms with van der Waals surface area (Å²) in [5.74, 6) is 1.93. The van der Waals surface area contributed by atoms with E-state index in [2.05, 4.69) is 6.92 Å². The second-order valence-corrected chi connectivity index (χ2v) is 5.26. The van der Waals surface area contributed by atoms with Crippen LogP contribution in [-0.4, -0.2) is 26.5 Å². The number of ketones is 1. The Labute approximate surface area is 127 Å². The Morgan fingerprint density at radius 2 is 1.86 bits per heavy atom. The Morgan fingerprint density at radius 1 is 1.14 bits per heavy atom. The molecule has 0 aliphatic rings. The lowest BCUT2D eigenvalue weighted by Crippen LogP contribution is -2.11. The average molecular weight is 293 g/mol. The predicted octanol–water partition coefficient (Wildman–Crippen LogP) is 3.43. The van der Waals surface area contributed by atoms with Crippen LogP contribution in [0.1, 0.15) is 49.4 Å². The molecule has 0 radical (unpaired) electrons. The average Bonchev–Trinajstić information content (AvgIpc) is 2.52. The first kappa shape index (κ1) is 17.5. The number of hydrogen-bond acceptors (Lipinski definition) is 4. The van der Waals surface area contributed by atoms with Gasteiger partial charge in [-0.3, -0.25) is 4.79 Å². The molecule has 21 heavy (non-hydrogen) atoms. The van der Waals surface area contributed by atoms with Gasteiger partial charge in [0, 0.05) is 12.0 Å². The van der Waals surface area contributed by atoms with Crippen LogP contribution < -0.4 is 15.2 Å². The summed E-state index contributed by atoms with van der Waals surface area (Å²) >= 11 is 0. The number of rotatable bonds is 10. The molecule has 0 aliphatic heterocycles. The molecular weight excluding hydrogens is 266 g/mol. The number of carbonyl (C=O) groups excluding carboxylic acids is 1. The molecule has 0 spiro atoms. The van der Waals surface area contributed by atoms with Crippen molar-refractivity contribution in [3.05, 3.63) is 23.8 Å². The molecular formula is C17H27NO3. The smallest absolute Gasteiger partial charge is 0.163 e. The van der Waals surface area contributed by atoms with Gasteiger partial charge in [0.15, 0.2) is 17.3 Å². The van der Waals surface area contributed by atoms with E-state index in [0.717, 1.165) is 25.7 Å². The maximum Gasteiger partial charge on any atom is 0.163 e. The summed E-state index contributed by atoms with van der Waals surface area (Å²) < 4.78 is 10.4. The van der Waals surface area contributed by atoms with Crippen LogP contribution in [0.5, 0.6) is 11.5 Å². The molecule has 2 N–H and O–H groups in total. The van der Waals surface area contributed by atoms with Crippen LogP contribution in [0, 0.1) is 5.92 Å². The van der Waals surface area contributed by atoms with E-state index in [1.54, 1.807) is 32.4 Å². The number of ether oxygens (including phenoxy) is 2. The molecule has 0 aromatic heterocycles. The standard InChI is InChI=1S/C17H27NO3/c1-4-5-13(10-11-18)6-8-15(19)14-7-9-16(20-2)17(12-14)21-3/h7,9,12-13H,4-6,8,10-11,18H2,1-3H3. The summed E-state index contributed by atoms with van der Waals surface area (Å²) in [7, 11) is 3.16. The van der Waals surface area contributed by atoms with Gasteiger partial charge in [0.1, 0.15) is 0 Å². The Hall–Kier alpha value is -1.55. The monoisotopic (exact) mass is 293 g/mol. The fourth-order valence-electron chi connectivity index (χ4n) is 2.57. The van der Waals surface area contributed by atoms with Crippen LogP contribution in [0.4, 0.5) is 0 Å². The Bertz CT molecular complexity index is 440. The lowest BCUT2D eigenvalue weighted by molar-refractivity contribution is 0.0972. The fraction of sp³-hybridized carbons (Fsp3) is 0.588. The molecule has 1 atom stereocenters. The third-order valence-corrected chi connectivity index (χ3v) is 3.76. The van der Waals surface area contributed by atoms with Crippen molar-refractivity contribution in [2.75, 3.05) is 20.8 Å². The molecule has 1 aromatic rings. The predicted molar refractivity (Wildman–Crippen MR) is 85.2 cm³/mol. The van der Waals surface area contributed by atoms with E-state index in [0.29, 0.717) is 35.9 Å². The van der Waals surface area contributed by atoms with E-state index < -0.39 is 0 Å². The zero-order chi connectivity index (χ0) is 15.7. The summed E-state index contributed by atoms with van der Waals surface area (Å²) in [5.41, 5.74) is 6.31. The van der Waals surface area contributed by atoms with Gasteiger partial charge in [-0.2, -0.15) is 0 Å². The molecule has 1 rings (SSSR count). The molecule has 0 fully saturated rings. The van der Waals surface area contributed by atoms with Gasteiger partial charge in [-0.1, -0.05) is 19.8 Å².